The van der Waals surface area contributed by atoms with Crippen LogP contribution in [0.3, 0.4) is 0 Å². The van der Waals surface area contributed by atoms with Gasteiger partial charge in [0, 0.05) is 43.2 Å². The van der Waals surface area contributed by atoms with Crippen LogP contribution < -0.4 is 10.2 Å². The molecule has 1 aliphatic heterocycles. The van der Waals surface area contributed by atoms with Crippen molar-refractivity contribution in [2.24, 2.45) is 0 Å². The standard InChI is InChI=1S/C14H21N3S/c1-3-12(11-16-13-4-5-13)14(15-6-1)17-7-2-9-18-10-8-17/h1,3,6,13,16H,2,4-5,7-11H2. The Labute approximate surface area is 113 Å². The van der Waals surface area contributed by atoms with E-state index in [1.165, 1.54) is 42.1 Å². The van der Waals surface area contributed by atoms with Crippen molar-refractivity contribution in [1.82, 2.24) is 10.3 Å². The molecule has 1 aromatic heterocycles. The second-order valence-electron chi connectivity index (χ2n) is 5.09. The van der Waals surface area contributed by atoms with Crippen LogP contribution in [-0.4, -0.2) is 35.6 Å². The first-order chi connectivity index (χ1) is 8.93. The van der Waals surface area contributed by atoms with Gasteiger partial charge in [0.15, 0.2) is 0 Å². The molecule has 0 unspecified atom stereocenters. The third-order valence-electron chi connectivity index (χ3n) is 3.55. The molecule has 0 amide bonds. The van der Waals surface area contributed by atoms with E-state index in [9.17, 15) is 0 Å². The van der Waals surface area contributed by atoms with E-state index >= 15 is 0 Å². The van der Waals surface area contributed by atoms with Crippen LogP contribution in [0.15, 0.2) is 18.3 Å². The molecule has 3 nitrogen and oxygen atoms in total. The highest BCUT2D eigenvalue weighted by molar-refractivity contribution is 7.99. The first kappa shape index (κ1) is 12.3. The molecule has 1 saturated heterocycles. The smallest absolute Gasteiger partial charge is 0.133 e. The molecule has 3 rings (SSSR count). The minimum absolute atomic E-state index is 0.762. The molecule has 1 saturated carbocycles. The predicted octanol–water partition coefficient (Wildman–Crippen LogP) is 2.28. The van der Waals surface area contributed by atoms with Crippen molar-refractivity contribution in [3.05, 3.63) is 23.9 Å². The summed E-state index contributed by atoms with van der Waals surface area (Å²) >= 11 is 2.06. The van der Waals surface area contributed by atoms with Gasteiger partial charge in [-0.3, -0.25) is 0 Å². The Bertz CT molecular complexity index is 384. The van der Waals surface area contributed by atoms with E-state index in [4.69, 9.17) is 0 Å². The molecular weight excluding hydrogens is 242 g/mol. The Hall–Kier alpha value is -0.740. The summed E-state index contributed by atoms with van der Waals surface area (Å²) in [5, 5.41) is 3.60. The predicted molar refractivity (Wildman–Crippen MR) is 78.3 cm³/mol. The quantitative estimate of drug-likeness (QED) is 0.902. The van der Waals surface area contributed by atoms with Crippen LogP contribution in [-0.2, 0) is 6.54 Å². The maximum atomic E-state index is 4.62. The number of nitrogens with zero attached hydrogens (tertiary/aromatic N) is 2. The summed E-state index contributed by atoms with van der Waals surface area (Å²) in [6, 6.07) is 5.04. The zero-order valence-corrected chi connectivity index (χ0v) is 11.6. The van der Waals surface area contributed by atoms with Crippen molar-refractivity contribution in [3.8, 4) is 0 Å². The van der Waals surface area contributed by atoms with Crippen LogP contribution in [0.25, 0.3) is 0 Å². The largest absolute Gasteiger partial charge is 0.355 e. The van der Waals surface area contributed by atoms with Gasteiger partial charge in [0.05, 0.1) is 0 Å². The van der Waals surface area contributed by atoms with Crippen molar-refractivity contribution in [2.75, 3.05) is 29.5 Å². The summed E-state index contributed by atoms with van der Waals surface area (Å²) in [5.74, 6) is 3.72. The lowest BCUT2D eigenvalue weighted by Gasteiger charge is -2.23. The molecular formula is C14H21N3S. The highest BCUT2D eigenvalue weighted by atomic mass is 32.2. The van der Waals surface area contributed by atoms with Gasteiger partial charge in [0.2, 0.25) is 0 Å². The lowest BCUT2D eigenvalue weighted by Crippen LogP contribution is -2.28. The van der Waals surface area contributed by atoms with E-state index in [1.807, 2.05) is 6.20 Å². The molecule has 18 heavy (non-hydrogen) atoms. The molecule has 2 heterocycles. The van der Waals surface area contributed by atoms with Crippen molar-refractivity contribution in [3.63, 3.8) is 0 Å². The maximum Gasteiger partial charge on any atom is 0.133 e. The van der Waals surface area contributed by atoms with Crippen molar-refractivity contribution >= 4 is 17.6 Å². The van der Waals surface area contributed by atoms with Gasteiger partial charge in [-0.25, -0.2) is 4.98 Å². The van der Waals surface area contributed by atoms with Crippen LogP contribution in [0, 0.1) is 0 Å². The van der Waals surface area contributed by atoms with Gasteiger partial charge in [0.25, 0.3) is 0 Å². The van der Waals surface area contributed by atoms with Crippen molar-refractivity contribution < 1.29 is 0 Å². The summed E-state index contributed by atoms with van der Waals surface area (Å²) in [5.41, 5.74) is 1.36. The average molecular weight is 263 g/mol. The molecule has 0 aromatic carbocycles. The Morgan fingerprint density at radius 3 is 3.17 bits per heavy atom. The van der Waals surface area contributed by atoms with Crippen LogP contribution in [0.5, 0.6) is 0 Å². The number of nitrogens with one attached hydrogen (secondary N) is 1. The normalized spacial score (nSPS) is 20.8. The Kier molecular flexibility index (Phi) is 4.06. The van der Waals surface area contributed by atoms with E-state index in [2.05, 4.69) is 39.1 Å². The summed E-state index contributed by atoms with van der Waals surface area (Å²) in [4.78, 5) is 7.08. The van der Waals surface area contributed by atoms with Crippen LogP contribution >= 0.6 is 11.8 Å². The Morgan fingerprint density at radius 1 is 1.33 bits per heavy atom. The first-order valence-corrected chi connectivity index (χ1v) is 8.09. The van der Waals surface area contributed by atoms with Crippen molar-refractivity contribution in [2.45, 2.75) is 31.8 Å². The SMILES string of the molecule is c1cnc(N2CCCSCC2)c(CNC2CC2)c1. The first-order valence-electron chi connectivity index (χ1n) is 6.93. The summed E-state index contributed by atoms with van der Waals surface area (Å²) in [6.07, 6.45) is 5.89. The third kappa shape index (κ3) is 3.18. The van der Waals surface area contributed by atoms with Gasteiger partial charge in [-0.15, -0.1) is 0 Å². The number of anilines is 1. The highest BCUT2D eigenvalue weighted by Gasteiger charge is 2.21. The molecule has 2 aliphatic rings. The highest BCUT2D eigenvalue weighted by Crippen LogP contribution is 2.23. The zero-order chi connectivity index (χ0) is 12.2. The molecule has 98 valence electrons. The van der Waals surface area contributed by atoms with Gasteiger partial charge in [-0.1, -0.05) is 6.07 Å². The Balaban J connectivity index is 1.71. The minimum atomic E-state index is 0.762. The van der Waals surface area contributed by atoms with E-state index in [0.717, 1.165) is 25.7 Å². The molecule has 0 atom stereocenters. The van der Waals surface area contributed by atoms with Gasteiger partial charge < -0.3 is 10.2 Å². The summed E-state index contributed by atoms with van der Waals surface area (Å²) in [7, 11) is 0. The summed E-state index contributed by atoms with van der Waals surface area (Å²) < 4.78 is 0. The number of pyridine rings is 1. The lowest BCUT2D eigenvalue weighted by atomic mass is 10.2. The zero-order valence-electron chi connectivity index (χ0n) is 10.8. The third-order valence-corrected chi connectivity index (χ3v) is 4.60. The number of hydrogen-bond donors (Lipinski definition) is 1. The van der Waals surface area contributed by atoms with E-state index in [0.29, 0.717) is 0 Å². The van der Waals surface area contributed by atoms with Gasteiger partial charge in [-0.2, -0.15) is 11.8 Å². The van der Waals surface area contributed by atoms with Crippen LogP contribution in [0.2, 0.25) is 0 Å². The second kappa shape index (κ2) is 5.93. The molecule has 1 aromatic rings. The van der Waals surface area contributed by atoms with E-state index in [-0.39, 0.29) is 0 Å². The van der Waals surface area contributed by atoms with Crippen molar-refractivity contribution in [1.29, 1.82) is 0 Å². The molecule has 2 fully saturated rings. The number of hydrogen-bond acceptors (Lipinski definition) is 4. The fraction of sp³-hybridized carbons (Fsp3) is 0.643. The van der Waals surface area contributed by atoms with Crippen LogP contribution in [0.4, 0.5) is 5.82 Å². The minimum Gasteiger partial charge on any atom is -0.355 e. The fourth-order valence-corrected chi connectivity index (χ4v) is 3.24. The molecule has 0 spiro atoms. The fourth-order valence-electron chi connectivity index (χ4n) is 2.35. The van der Waals surface area contributed by atoms with E-state index < -0.39 is 0 Å². The number of aromatic nitrogens is 1. The second-order valence-corrected chi connectivity index (χ2v) is 6.32. The van der Waals surface area contributed by atoms with Gasteiger partial charge in [0.1, 0.15) is 5.82 Å². The average Bonchev–Trinajstić information content (AvgIpc) is 3.24. The van der Waals surface area contributed by atoms with Crippen LogP contribution in [0.1, 0.15) is 24.8 Å². The maximum absolute atomic E-state index is 4.62. The number of rotatable bonds is 4. The molecule has 1 N–H and O–H groups in total. The summed E-state index contributed by atoms with van der Waals surface area (Å²) in [6.45, 7) is 3.26. The van der Waals surface area contributed by atoms with Gasteiger partial charge >= 0.3 is 0 Å². The molecule has 4 heteroatoms. The molecule has 0 radical (unpaired) electrons. The van der Waals surface area contributed by atoms with Gasteiger partial charge in [-0.05, 0) is 31.1 Å². The number of thioether (sulfide) groups is 1. The topological polar surface area (TPSA) is 28.2 Å². The molecule has 1 aliphatic carbocycles. The Morgan fingerprint density at radius 2 is 2.28 bits per heavy atom. The monoisotopic (exact) mass is 263 g/mol. The molecule has 0 bridgehead atoms. The van der Waals surface area contributed by atoms with E-state index in [1.54, 1.807) is 0 Å². The lowest BCUT2D eigenvalue weighted by molar-refractivity contribution is 0.680.